The second-order valence-corrected chi connectivity index (χ2v) is 8.15. The van der Waals surface area contributed by atoms with E-state index in [0.717, 1.165) is 18.2 Å². The quantitative estimate of drug-likeness (QED) is 0.468. The highest BCUT2D eigenvalue weighted by Gasteiger charge is 2.16. The Hall–Kier alpha value is -3.86. The van der Waals surface area contributed by atoms with E-state index in [9.17, 15) is 17.2 Å². The lowest BCUT2D eigenvalue weighted by atomic mass is 10.2. The van der Waals surface area contributed by atoms with Crippen molar-refractivity contribution in [3.05, 3.63) is 90.5 Å². The van der Waals surface area contributed by atoms with Crippen molar-refractivity contribution < 1.29 is 21.9 Å². The molecule has 2 aromatic heterocycles. The van der Waals surface area contributed by atoms with Crippen molar-refractivity contribution >= 4 is 15.7 Å². The van der Waals surface area contributed by atoms with Crippen LogP contribution in [0.1, 0.15) is 5.56 Å². The number of nitrogens with zero attached hydrogens (tertiary/aromatic N) is 4. The Morgan fingerprint density at radius 3 is 2.48 bits per heavy atom. The summed E-state index contributed by atoms with van der Waals surface area (Å²) >= 11 is 0. The molecule has 0 aliphatic carbocycles. The van der Waals surface area contributed by atoms with Crippen LogP contribution in [-0.4, -0.2) is 28.2 Å². The van der Waals surface area contributed by atoms with Crippen molar-refractivity contribution in [1.29, 1.82) is 0 Å². The van der Waals surface area contributed by atoms with Gasteiger partial charge < -0.3 is 4.74 Å². The first-order chi connectivity index (χ1) is 14.9. The predicted octanol–water partition coefficient (Wildman–Crippen LogP) is 3.67. The van der Waals surface area contributed by atoms with E-state index in [4.69, 9.17) is 4.74 Å². The van der Waals surface area contributed by atoms with E-state index in [2.05, 4.69) is 19.9 Å². The fraction of sp³-hybridized carbons (Fsp3) is 0.0500. The highest BCUT2D eigenvalue weighted by molar-refractivity contribution is 7.91. The highest BCUT2D eigenvalue weighted by atomic mass is 32.2. The number of aromatic nitrogens is 4. The number of anilines is 1. The van der Waals surface area contributed by atoms with Crippen LogP contribution in [0.3, 0.4) is 0 Å². The van der Waals surface area contributed by atoms with Crippen LogP contribution < -0.4 is 9.46 Å². The Kier molecular flexibility index (Phi) is 5.58. The van der Waals surface area contributed by atoms with Gasteiger partial charge in [0, 0.05) is 29.7 Å². The van der Waals surface area contributed by atoms with Gasteiger partial charge in [-0.15, -0.1) is 10.2 Å². The molecule has 31 heavy (non-hydrogen) atoms. The zero-order chi connectivity index (χ0) is 21.8. The molecular weight excluding hydrogens is 428 g/mol. The van der Waals surface area contributed by atoms with Crippen LogP contribution in [0, 0.1) is 11.6 Å². The SMILES string of the molecule is O=S(=O)(Cc1cc(F)ccc1F)Nc1ccc(Oc2ccc(-n3ccnc3)nn2)cc1. The van der Waals surface area contributed by atoms with Gasteiger partial charge in [-0.2, -0.15) is 0 Å². The summed E-state index contributed by atoms with van der Waals surface area (Å²) in [6.07, 6.45) is 4.94. The molecule has 0 aliphatic rings. The summed E-state index contributed by atoms with van der Waals surface area (Å²) in [6, 6.07) is 12.0. The lowest BCUT2D eigenvalue weighted by Crippen LogP contribution is -2.16. The fourth-order valence-corrected chi connectivity index (χ4v) is 3.88. The van der Waals surface area contributed by atoms with Crippen molar-refractivity contribution in [3.63, 3.8) is 0 Å². The van der Waals surface area contributed by atoms with Crippen LogP contribution in [0.25, 0.3) is 5.82 Å². The maximum Gasteiger partial charge on any atom is 0.238 e. The van der Waals surface area contributed by atoms with Gasteiger partial charge in [-0.05, 0) is 48.5 Å². The second-order valence-electron chi connectivity index (χ2n) is 6.42. The number of imidazole rings is 1. The number of sulfonamides is 1. The average Bonchev–Trinajstić information content (AvgIpc) is 3.27. The molecule has 0 bridgehead atoms. The average molecular weight is 443 g/mol. The zero-order valence-corrected chi connectivity index (χ0v) is 16.6. The molecule has 0 amide bonds. The molecule has 0 atom stereocenters. The summed E-state index contributed by atoms with van der Waals surface area (Å²) in [4.78, 5) is 3.93. The zero-order valence-electron chi connectivity index (χ0n) is 15.8. The van der Waals surface area contributed by atoms with Gasteiger partial charge in [0.15, 0.2) is 5.82 Å². The van der Waals surface area contributed by atoms with Crippen molar-refractivity contribution in [2.45, 2.75) is 5.75 Å². The molecule has 0 radical (unpaired) electrons. The minimum Gasteiger partial charge on any atom is -0.438 e. The third-order valence-corrected chi connectivity index (χ3v) is 5.34. The number of nitrogens with one attached hydrogen (secondary N) is 1. The van der Waals surface area contributed by atoms with Crippen LogP contribution in [0.4, 0.5) is 14.5 Å². The normalized spacial score (nSPS) is 11.3. The largest absolute Gasteiger partial charge is 0.438 e. The molecule has 0 spiro atoms. The molecule has 0 unspecified atom stereocenters. The van der Waals surface area contributed by atoms with E-state index in [1.54, 1.807) is 35.4 Å². The van der Waals surface area contributed by atoms with E-state index in [1.165, 1.54) is 24.3 Å². The monoisotopic (exact) mass is 443 g/mol. The third kappa shape index (κ3) is 5.20. The van der Waals surface area contributed by atoms with Crippen LogP contribution in [-0.2, 0) is 15.8 Å². The molecule has 2 aromatic carbocycles. The summed E-state index contributed by atoms with van der Waals surface area (Å²) in [7, 11) is -3.95. The minimum atomic E-state index is -3.95. The summed E-state index contributed by atoms with van der Waals surface area (Å²) in [5, 5.41) is 8.01. The molecule has 0 saturated carbocycles. The number of benzene rings is 2. The molecule has 158 valence electrons. The summed E-state index contributed by atoms with van der Waals surface area (Å²) in [6.45, 7) is 0. The van der Waals surface area contributed by atoms with Gasteiger partial charge in [0.1, 0.15) is 23.7 Å². The standard InChI is InChI=1S/C20H15F2N5O3S/c21-15-1-6-18(22)14(11-15)12-31(28,29)26-16-2-4-17(5-3-16)30-20-8-7-19(24-25-20)27-10-9-23-13-27/h1-11,13,26H,12H2. The summed E-state index contributed by atoms with van der Waals surface area (Å²) in [5.74, 6) is -0.981. The molecule has 0 saturated heterocycles. The Morgan fingerprint density at radius 2 is 1.81 bits per heavy atom. The van der Waals surface area contributed by atoms with Gasteiger partial charge >= 0.3 is 0 Å². The van der Waals surface area contributed by atoms with E-state index in [-0.39, 0.29) is 17.1 Å². The Labute approximate surface area is 176 Å². The highest BCUT2D eigenvalue weighted by Crippen LogP contribution is 2.23. The Bertz CT molecular complexity index is 1280. The number of halogens is 2. The Balaban J connectivity index is 1.40. The van der Waals surface area contributed by atoms with Crippen molar-refractivity contribution in [2.24, 2.45) is 0 Å². The van der Waals surface area contributed by atoms with Gasteiger partial charge in [0.25, 0.3) is 0 Å². The van der Waals surface area contributed by atoms with Crippen molar-refractivity contribution in [1.82, 2.24) is 19.7 Å². The van der Waals surface area contributed by atoms with Gasteiger partial charge in [0.05, 0.1) is 5.75 Å². The first kappa shape index (κ1) is 20.4. The number of rotatable bonds is 7. The molecular formula is C20H15F2N5O3S. The van der Waals surface area contributed by atoms with E-state index < -0.39 is 27.4 Å². The van der Waals surface area contributed by atoms with Crippen molar-refractivity contribution in [3.8, 4) is 17.4 Å². The van der Waals surface area contributed by atoms with Gasteiger partial charge in [-0.25, -0.2) is 22.2 Å². The minimum absolute atomic E-state index is 0.241. The van der Waals surface area contributed by atoms with E-state index >= 15 is 0 Å². The fourth-order valence-electron chi connectivity index (χ4n) is 2.69. The van der Waals surface area contributed by atoms with Crippen LogP contribution in [0.2, 0.25) is 0 Å². The van der Waals surface area contributed by atoms with Gasteiger partial charge in [0.2, 0.25) is 15.9 Å². The topological polar surface area (TPSA) is 99.0 Å². The summed E-state index contributed by atoms with van der Waals surface area (Å²) in [5.41, 5.74) is -0.0177. The molecule has 0 fully saturated rings. The number of hydrogen-bond donors (Lipinski definition) is 1. The van der Waals surface area contributed by atoms with Crippen LogP contribution in [0.15, 0.2) is 73.3 Å². The smallest absolute Gasteiger partial charge is 0.238 e. The van der Waals surface area contributed by atoms with Gasteiger partial charge in [-0.3, -0.25) is 9.29 Å². The molecule has 8 nitrogen and oxygen atoms in total. The molecule has 1 N–H and O–H groups in total. The first-order valence-electron chi connectivity index (χ1n) is 8.92. The van der Waals surface area contributed by atoms with Crippen LogP contribution >= 0.6 is 0 Å². The molecule has 0 aliphatic heterocycles. The maximum absolute atomic E-state index is 13.7. The van der Waals surface area contributed by atoms with Crippen LogP contribution in [0.5, 0.6) is 11.6 Å². The molecule has 4 aromatic rings. The molecule has 2 heterocycles. The summed E-state index contributed by atoms with van der Waals surface area (Å²) < 4.78 is 61.1. The first-order valence-corrected chi connectivity index (χ1v) is 10.6. The predicted molar refractivity (Wildman–Crippen MR) is 108 cm³/mol. The Morgan fingerprint density at radius 1 is 1.00 bits per heavy atom. The molecule has 11 heteroatoms. The van der Waals surface area contributed by atoms with E-state index in [1.807, 2.05) is 0 Å². The lowest BCUT2D eigenvalue weighted by molar-refractivity contribution is 0.454. The third-order valence-electron chi connectivity index (χ3n) is 4.10. The maximum atomic E-state index is 13.7. The second kappa shape index (κ2) is 8.48. The number of ether oxygens (including phenoxy) is 1. The lowest BCUT2D eigenvalue weighted by Gasteiger charge is -2.10. The molecule has 4 rings (SSSR count). The van der Waals surface area contributed by atoms with Gasteiger partial charge in [-0.1, -0.05) is 0 Å². The number of hydrogen-bond acceptors (Lipinski definition) is 6. The van der Waals surface area contributed by atoms with Crippen molar-refractivity contribution in [2.75, 3.05) is 4.72 Å². The van der Waals surface area contributed by atoms with E-state index in [0.29, 0.717) is 11.6 Å².